The molecule has 1 aromatic heterocycles. The van der Waals surface area contributed by atoms with Crippen LogP contribution in [0.25, 0.3) is 0 Å². The Morgan fingerprint density at radius 3 is 3.29 bits per heavy atom. The molecule has 2 rings (SSSR count). The topological polar surface area (TPSA) is 70.1 Å². The maximum Gasteiger partial charge on any atom is 0.358 e. The van der Waals surface area contributed by atoms with E-state index in [1.54, 1.807) is 6.20 Å². The Morgan fingerprint density at radius 1 is 1.79 bits per heavy atom. The van der Waals surface area contributed by atoms with Gasteiger partial charge in [-0.1, -0.05) is 0 Å². The minimum absolute atomic E-state index is 0.162. The number of hydrogen-bond donors (Lipinski definition) is 1. The predicted molar refractivity (Wildman–Crippen MR) is 49.9 cm³/mol. The number of carbonyl (C=O) groups excluding carboxylic acids is 1. The zero-order valence-electron chi connectivity index (χ0n) is 8.06. The van der Waals surface area contributed by atoms with Gasteiger partial charge < -0.3 is 15.0 Å². The smallest absolute Gasteiger partial charge is 0.358 e. The van der Waals surface area contributed by atoms with Crippen molar-refractivity contribution in [2.45, 2.75) is 25.4 Å². The molecule has 1 unspecified atom stereocenters. The fourth-order valence-corrected chi connectivity index (χ4v) is 1.66. The fourth-order valence-electron chi connectivity index (χ4n) is 1.66. The second kappa shape index (κ2) is 3.42. The van der Waals surface area contributed by atoms with E-state index < -0.39 is 0 Å². The normalized spacial score (nSPS) is 20.3. The van der Waals surface area contributed by atoms with Crippen LogP contribution in [0.15, 0.2) is 6.20 Å². The van der Waals surface area contributed by atoms with Gasteiger partial charge >= 0.3 is 5.97 Å². The molecule has 2 heterocycles. The number of rotatable bonds is 1. The highest BCUT2D eigenvalue weighted by Crippen LogP contribution is 2.14. The summed E-state index contributed by atoms with van der Waals surface area (Å²) in [6.45, 7) is 0.834. The molecule has 5 nitrogen and oxygen atoms in total. The first-order valence-corrected chi connectivity index (χ1v) is 4.60. The third-order valence-corrected chi connectivity index (χ3v) is 2.44. The summed E-state index contributed by atoms with van der Waals surface area (Å²) in [5.41, 5.74) is 6.17. The Labute approximate surface area is 81.9 Å². The van der Waals surface area contributed by atoms with E-state index in [0.29, 0.717) is 5.69 Å². The molecule has 0 radical (unpaired) electrons. The van der Waals surface area contributed by atoms with Crippen molar-refractivity contribution in [3.8, 4) is 0 Å². The zero-order valence-corrected chi connectivity index (χ0v) is 8.06. The van der Waals surface area contributed by atoms with Crippen LogP contribution < -0.4 is 5.73 Å². The Balaban J connectivity index is 2.27. The van der Waals surface area contributed by atoms with Crippen LogP contribution in [-0.2, 0) is 17.7 Å². The number of aryl methyl sites for hydroxylation is 1. The molecule has 2 N–H and O–H groups in total. The highest BCUT2D eigenvalue weighted by Gasteiger charge is 2.20. The molecule has 0 saturated heterocycles. The van der Waals surface area contributed by atoms with Crippen molar-refractivity contribution in [3.63, 3.8) is 0 Å². The molecular formula is C9H13N3O2. The number of aromatic nitrogens is 2. The van der Waals surface area contributed by atoms with E-state index in [4.69, 9.17) is 5.73 Å². The number of imidazole rings is 1. The maximum atomic E-state index is 11.2. The summed E-state index contributed by atoms with van der Waals surface area (Å²) in [5, 5.41) is 0. The lowest BCUT2D eigenvalue weighted by Gasteiger charge is -2.18. The molecule has 0 bridgehead atoms. The van der Waals surface area contributed by atoms with Crippen LogP contribution in [-0.4, -0.2) is 28.7 Å². The van der Waals surface area contributed by atoms with Gasteiger partial charge in [0, 0.05) is 25.2 Å². The van der Waals surface area contributed by atoms with Crippen molar-refractivity contribution in [1.29, 1.82) is 0 Å². The summed E-state index contributed by atoms with van der Waals surface area (Å²) >= 11 is 0. The second-order valence-electron chi connectivity index (χ2n) is 3.48. The molecule has 0 amide bonds. The van der Waals surface area contributed by atoms with E-state index in [1.807, 2.05) is 4.57 Å². The van der Waals surface area contributed by atoms with Gasteiger partial charge in [-0.2, -0.15) is 0 Å². The number of ether oxygens (including phenoxy) is 1. The van der Waals surface area contributed by atoms with Crippen LogP contribution in [0.1, 0.15) is 22.7 Å². The highest BCUT2D eigenvalue weighted by molar-refractivity contribution is 5.86. The summed E-state index contributed by atoms with van der Waals surface area (Å²) in [4.78, 5) is 15.4. The number of carbonyl (C=O) groups is 1. The lowest BCUT2D eigenvalue weighted by Crippen LogP contribution is -2.30. The SMILES string of the molecule is COC(=O)c1cn2c(n1)CC(N)CC2. The molecule has 14 heavy (non-hydrogen) atoms. The monoisotopic (exact) mass is 195 g/mol. The summed E-state index contributed by atoms with van der Waals surface area (Å²) in [7, 11) is 1.35. The Kier molecular flexibility index (Phi) is 2.25. The maximum absolute atomic E-state index is 11.2. The van der Waals surface area contributed by atoms with E-state index in [2.05, 4.69) is 9.72 Å². The van der Waals surface area contributed by atoms with Crippen LogP contribution in [0.2, 0.25) is 0 Å². The molecule has 0 aromatic carbocycles. The van der Waals surface area contributed by atoms with Crippen LogP contribution in [0, 0.1) is 0 Å². The largest absolute Gasteiger partial charge is 0.464 e. The lowest BCUT2D eigenvalue weighted by atomic mass is 10.1. The Hall–Kier alpha value is -1.36. The molecule has 1 aromatic rings. The van der Waals surface area contributed by atoms with Crippen molar-refractivity contribution < 1.29 is 9.53 Å². The van der Waals surface area contributed by atoms with Gasteiger partial charge in [-0.3, -0.25) is 0 Å². The van der Waals surface area contributed by atoms with Gasteiger partial charge in [0.2, 0.25) is 0 Å². The van der Waals surface area contributed by atoms with Crippen LogP contribution in [0.3, 0.4) is 0 Å². The van der Waals surface area contributed by atoms with Gasteiger partial charge in [0.25, 0.3) is 0 Å². The van der Waals surface area contributed by atoms with Gasteiger partial charge in [-0.15, -0.1) is 0 Å². The zero-order chi connectivity index (χ0) is 10.1. The quantitative estimate of drug-likeness (QED) is 0.637. The van der Waals surface area contributed by atoms with E-state index >= 15 is 0 Å². The first-order valence-electron chi connectivity index (χ1n) is 4.60. The third kappa shape index (κ3) is 1.50. The van der Waals surface area contributed by atoms with Gasteiger partial charge in [0.05, 0.1) is 7.11 Å². The van der Waals surface area contributed by atoms with Crippen molar-refractivity contribution in [1.82, 2.24) is 9.55 Å². The van der Waals surface area contributed by atoms with E-state index in [0.717, 1.165) is 25.2 Å². The van der Waals surface area contributed by atoms with Crippen molar-refractivity contribution >= 4 is 5.97 Å². The van der Waals surface area contributed by atoms with Crippen LogP contribution in [0.5, 0.6) is 0 Å². The number of methoxy groups -OCH3 is 1. The molecular weight excluding hydrogens is 182 g/mol. The number of fused-ring (bicyclic) bond motifs is 1. The summed E-state index contributed by atoms with van der Waals surface area (Å²) in [6, 6.07) is 0.162. The lowest BCUT2D eigenvalue weighted by molar-refractivity contribution is 0.0594. The molecule has 5 heteroatoms. The number of hydrogen-bond acceptors (Lipinski definition) is 4. The minimum atomic E-state index is -0.388. The highest BCUT2D eigenvalue weighted by atomic mass is 16.5. The van der Waals surface area contributed by atoms with E-state index in [1.165, 1.54) is 7.11 Å². The number of nitrogens with two attached hydrogens (primary N) is 1. The average molecular weight is 195 g/mol. The molecule has 1 atom stereocenters. The second-order valence-corrected chi connectivity index (χ2v) is 3.48. The molecule has 1 aliphatic heterocycles. The van der Waals surface area contributed by atoms with Gasteiger partial charge in [0.15, 0.2) is 5.69 Å². The molecule has 0 spiro atoms. The number of esters is 1. The van der Waals surface area contributed by atoms with Gasteiger partial charge in [-0.25, -0.2) is 9.78 Å². The first-order chi connectivity index (χ1) is 6.70. The van der Waals surface area contributed by atoms with Crippen molar-refractivity contribution in [2.24, 2.45) is 5.73 Å². The molecule has 76 valence electrons. The molecule has 1 aliphatic rings. The standard InChI is InChI=1S/C9H13N3O2/c1-14-9(13)7-5-12-3-2-6(10)4-8(12)11-7/h5-6H,2-4,10H2,1H3. The predicted octanol–water partition coefficient (Wildman–Crippen LogP) is -0.0568. The van der Waals surface area contributed by atoms with Gasteiger partial charge in [0.1, 0.15) is 5.82 Å². The summed E-state index contributed by atoms with van der Waals surface area (Å²) < 4.78 is 6.56. The molecule has 0 fully saturated rings. The molecule has 0 aliphatic carbocycles. The van der Waals surface area contributed by atoms with E-state index in [-0.39, 0.29) is 12.0 Å². The Morgan fingerprint density at radius 2 is 2.57 bits per heavy atom. The van der Waals surface area contributed by atoms with Crippen molar-refractivity contribution in [2.75, 3.05) is 7.11 Å². The molecule has 0 saturated carbocycles. The van der Waals surface area contributed by atoms with Crippen molar-refractivity contribution in [3.05, 3.63) is 17.7 Å². The minimum Gasteiger partial charge on any atom is -0.464 e. The Bertz CT molecular complexity index is 359. The average Bonchev–Trinajstić information content (AvgIpc) is 2.59. The first kappa shape index (κ1) is 9.21. The van der Waals surface area contributed by atoms with Crippen LogP contribution in [0.4, 0.5) is 0 Å². The van der Waals surface area contributed by atoms with E-state index in [9.17, 15) is 4.79 Å². The fraction of sp³-hybridized carbons (Fsp3) is 0.556. The van der Waals surface area contributed by atoms with Crippen LogP contribution >= 0.6 is 0 Å². The summed E-state index contributed by atoms with van der Waals surface area (Å²) in [6.07, 6.45) is 3.40. The van der Waals surface area contributed by atoms with Gasteiger partial charge in [-0.05, 0) is 6.42 Å². The third-order valence-electron chi connectivity index (χ3n) is 2.44. The number of nitrogens with zero attached hydrogens (tertiary/aromatic N) is 2. The summed E-state index contributed by atoms with van der Waals surface area (Å²) in [5.74, 6) is 0.490.